The summed E-state index contributed by atoms with van der Waals surface area (Å²) in [6.45, 7) is 1.58. The molecule has 0 atom stereocenters. The van der Waals surface area contributed by atoms with E-state index in [0.717, 1.165) is 27.8 Å². The molecule has 0 aliphatic heterocycles. The summed E-state index contributed by atoms with van der Waals surface area (Å²) < 4.78 is 36.1. The van der Waals surface area contributed by atoms with Gasteiger partial charge in [0.25, 0.3) is 0 Å². The third-order valence-electron chi connectivity index (χ3n) is 4.41. The monoisotopic (exact) mass is 368 g/mol. The number of allylic oxidation sites excluding steroid dienone is 1. The summed E-state index contributed by atoms with van der Waals surface area (Å²) in [6.07, 6.45) is 4.52. The Morgan fingerprint density at radius 1 is 0.963 bits per heavy atom. The first-order chi connectivity index (χ1) is 13.1. The summed E-state index contributed by atoms with van der Waals surface area (Å²) in [4.78, 5) is 0. The van der Waals surface area contributed by atoms with Gasteiger partial charge in [0.1, 0.15) is 18.1 Å². The van der Waals surface area contributed by atoms with Gasteiger partial charge in [-0.05, 0) is 53.6 Å². The van der Waals surface area contributed by atoms with Crippen molar-refractivity contribution in [1.82, 2.24) is 0 Å². The molecule has 0 saturated heterocycles. The van der Waals surface area contributed by atoms with Gasteiger partial charge in [-0.15, -0.1) is 0 Å². The van der Waals surface area contributed by atoms with E-state index in [9.17, 15) is 8.78 Å². The summed E-state index contributed by atoms with van der Waals surface area (Å²) in [6, 6.07) is 17.4. The molecule has 0 aliphatic carbocycles. The first kappa shape index (κ1) is 18.9. The number of rotatable bonds is 7. The molecule has 0 N–H and O–H groups in total. The summed E-state index contributed by atoms with van der Waals surface area (Å²) >= 11 is 0. The summed E-state index contributed by atoms with van der Waals surface area (Å²) in [5.41, 5.74) is 2.82. The van der Waals surface area contributed by atoms with Crippen LogP contribution in [0.2, 0.25) is 0 Å². The Morgan fingerprint density at radius 3 is 2.37 bits per heavy atom. The van der Waals surface area contributed by atoms with Gasteiger partial charge >= 0.3 is 6.61 Å². The van der Waals surface area contributed by atoms with Crippen LogP contribution in [0.4, 0.5) is 8.78 Å². The fourth-order valence-electron chi connectivity index (χ4n) is 3.02. The highest BCUT2D eigenvalue weighted by Crippen LogP contribution is 2.34. The number of fused-ring (bicyclic) bond motifs is 1. The van der Waals surface area contributed by atoms with Gasteiger partial charge < -0.3 is 9.47 Å². The minimum Gasteiger partial charge on any atom is -0.490 e. The predicted octanol–water partition coefficient (Wildman–Crippen LogP) is 6.63. The summed E-state index contributed by atoms with van der Waals surface area (Å²) in [7, 11) is 0. The van der Waals surface area contributed by atoms with E-state index in [-0.39, 0.29) is 5.75 Å². The lowest BCUT2D eigenvalue weighted by atomic mass is 9.98. The zero-order chi connectivity index (χ0) is 19.2. The number of aryl methyl sites for hydroxylation is 1. The Balaban J connectivity index is 1.92. The van der Waals surface area contributed by atoms with E-state index in [1.54, 1.807) is 0 Å². The van der Waals surface area contributed by atoms with E-state index in [2.05, 4.69) is 0 Å². The third kappa shape index (κ3) is 4.45. The normalized spacial score (nSPS) is 11.4. The molecule has 0 heterocycles. The summed E-state index contributed by atoms with van der Waals surface area (Å²) in [5, 5.41) is 1.57. The minimum atomic E-state index is -2.84. The quantitative estimate of drug-likeness (QED) is 0.436. The van der Waals surface area contributed by atoms with Crippen LogP contribution in [-0.4, -0.2) is 13.2 Å². The van der Waals surface area contributed by atoms with E-state index in [1.807, 2.05) is 80.6 Å². The van der Waals surface area contributed by atoms with Crippen molar-refractivity contribution in [2.45, 2.75) is 26.9 Å². The maximum atomic E-state index is 12.8. The Labute approximate surface area is 158 Å². The number of hydrogen-bond donors (Lipinski definition) is 0. The van der Waals surface area contributed by atoms with E-state index < -0.39 is 6.61 Å². The van der Waals surface area contributed by atoms with Crippen LogP contribution in [0.5, 0.6) is 11.5 Å². The van der Waals surface area contributed by atoms with Crippen LogP contribution in [0.15, 0.2) is 66.7 Å². The minimum absolute atomic E-state index is 0.268. The van der Waals surface area contributed by atoms with Crippen LogP contribution in [0, 0.1) is 0 Å². The van der Waals surface area contributed by atoms with Crippen molar-refractivity contribution in [3.8, 4) is 22.6 Å². The van der Waals surface area contributed by atoms with Gasteiger partial charge in [-0.1, -0.05) is 55.5 Å². The molecule has 0 bridgehead atoms. The molecule has 3 aromatic rings. The topological polar surface area (TPSA) is 18.5 Å². The number of ether oxygens (including phenoxy) is 2. The van der Waals surface area contributed by atoms with Crippen LogP contribution in [0.3, 0.4) is 0 Å². The van der Waals surface area contributed by atoms with Crippen molar-refractivity contribution < 1.29 is 18.3 Å². The van der Waals surface area contributed by atoms with Gasteiger partial charge in [0.05, 0.1) is 0 Å². The van der Waals surface area contributed by atoms with E-state index in [0.29, 0.717) is 18.4 Å². The van der Waals surface area contributed by atoms with Gasteiger partial charge in [0.15, 0.2) is 0 Å². The smallest absolute Gasteiger partial charge is 0.387 e. The zero-order valence-electron chi connectivity index (χ0n) is 15.4. The molecule has 3 rings (SSSR count). The first-order valence-electron chi connectivity index (χ1n) is 8.97. The molecule has 0 saturated carbocycles. The number of hydrogen-bond acceptors (Lipinski definition) is 2. The second-order valence-corrected chi connectivity index (χ2v) is 6.13. The highest BCUT2D eigenvalue weighted by Gasteiger charge is 2.13. The van der Waals surface area contributed by atoms with Crippen molar-refractivity contribution >= 4 is 10.8 Å². The first-order valence-corrected chi connectivity index (χ1v) is 8.97. The lowest BCUT2D eigenvalue weighted by Gasteiger charge is -2.14. The second kappa shape index (κ2) is 8.67. The summed E-state index contributed by atoms with van der Waals surface area (Å²) in [5.74, 6) is 1.07. The average Bonchev–Trinajstić information content (AvgIpc) is 2.68. The molecule has 3 aromatic carbocycles. The molecule has 0 amide bonds. The largest absolute Gasteiger partial charge is 0.490 e. The fraction of sp³-hybridized carbons (Fsp3) is 0.217. The maximum absolute atomic E-state index is 12.8. The highest BCUT2D eigenvalue weighted by molar-refractivity contribution is 5.93. The molecule has 0 spiro atoms. The molecular weight excluding hydrogens is 346 g/mol. The molecule has 0 radical (unpaired) electrons. The van der Waals surface area contributed by atoms with Crippen molar-refractivity contribution in [1.29, 1.82) is 0 Å². The molecule has 0 aliphatic rings. The molecule has 27 heavy (non-hydrogen) atoms. The van der Waals surface area contributed by atoms with Gasteiger partial charge in [-0.3, -0.25) is 0 Å². The van der Waals surface area contributed by atoms with Crippen LogP contribution >= 0.6 is 0 Å². The van der Waals surface area contributed by atoms with Crippen molar-refractivity contribution in [3.63, 3.8) is 0 Å². The number of benzene rings is 3. The number of halogens is 2. The molecule has 140 valence electrons. The SMILES string of the molecule is CC=CCOc1ccc(-c2ccc3c(OC(F)F)c(CC)ccc3c2)cc1. The molecule has 0 fully saturated rings. The second-order valence-electron chi connectivity index (χ2n) is 6.13. The van der Waals surface area contributed by atoms with Crippen LogP contribution in [0.25, 0.3) is 21.9 Å². The Kier molecular flexibility index (Phi) is 6.07. The van der Waals surface area contributed by atoms with Gasteiger partial charge in [0, 0.05) is 5.39 Å². The van der Waals surface area contributed by atoms with E-state index in [1.165, 1.54) is 0 Å². The lowest BCUT2D eigenvalue weighted by Crippen LogP contribution is -2.04. The predicted molar refractivity (Wildman–Crippen MR) is 106 cm³/mol. The van der Waals surface area contributed by atoms with Gasteiger partial charge in [-0.25, -0.2) is 0 Å². The fourth-order valence-corrected chi connectivity index (χ4v) is 3.02. The average molecular weight is 368 g/mol. The van der Waals surface area contributed by atoms with E-state index >= 15 is 0 Å². The molecule has 4 heteroatoms. The maximum Gasteiger partial charge on any atom is 0.387 e. The van der Waals surface area contributed by atoms with Crippen LogP contribution in [0.1, 0.15) is 19.4 Å². The standard InChI is InChI=1S/C23H22F2O2/c1-3-5-14-26-20-11-8-17(9-12-20)18-10-13-21-19(15-18)7-6-16(4-2)22(21)27-23(24)25/h3,5-13,15,23H,4,14H2,1-2H3. The Hall–Kier alpha value is -2.88. The number of alkyl halides is 2. The van der Waals surface area contributed by atoms with E-state index in [4.69, 9.17) is 9.47 Å². The molecular formula is C23H22F2O2. The van der Waals surface area contributed by atoms with Crippen LogP contribution in [-0.2, 0) is 6.42 Å². The Morgan fingerprint density at radius 2 is 1.70 bits per heavy atom. The highest BCUT2D eigenvalue weighted by atomic mass is 19.3. The third-order valence-corrected chi connectivity index (χ3v) is 4.41. The lowest BCUT2D eigenvalue weighted by molar-refractivity contribution is -0.0493. The molecule has 2 nitrogen and oxygen atoms in total. The van der Waals surface area contributed by atoms with Crippen molar-refractivity contribution in [3.05, 3.63) is 72.3 Å². The van der Waals surface area contributed by atoms with Crippen molar-refractivity contribution in [2.75, 3.05) is 6.61 Å². The molecule has 0 aromatic heterocycles. The molecule has 0 unspecified atom stereocenters. The zero-order valence-corrected chi connectivity index (χ0v) is 15.4. The van der Waals surface area contributed by atoms with Crippen LogP contribution < -0.4 is 9.47 Å². The van der Waals surface area contributed by atoms with Gasteiger partial charge in [0.2, 0.25) is 0 Å². The Bertz CT molecular complexity index is 931. The van der Waals surface area contributed by atoms with Crippen molar-refractivity contribution in [2.24, 2.45) is 0 Å². The van der Waals surface area contributed by atoms with Gasteiger partial charge in [-0.2, -0.15) is 8.78 Å².